The Balaban J connectivity index is 3.41. The van der Waals surface area contributed by atoms with E-state index in [2.05, 4.69) is 111 Å². The second kappa shape index (κ2) is 70.1. The molecule has 0 rings (SSSR count). The summed E-state index contributed by atoms with van der Waals surface area (Å²) in [5, 5.41) is 9.71. The molecule has 1 N–H and O–H groups in total. The maximum absolute atomic E-state index is 12.4. The van der Waals surface area contributed by atoms with Gasteiger partial charge in [-0.3, -0.25) is 9.59 Å². The normalized spacial score (nSPS) is 12.8. The first-order valence-corrected chi connectivity index (χ1v) is 34.8. The molecule has 0 fully saturated rings. The smallest absolute Gasteiger partial charge is 0.306 e. The summed E-state index contributed by atoms with van der Waals surface area (Å²) in [7, 11) is 0. The van der Waals surface area contributed by atoms with E-state index < -0.39 is 6.10 Å². The molecule has 0 aliphatic rings. The number of unbranched alkanes of at least 4 members (excludes halogenated alkanes) is 40. The van der Waals surface area contributed by atoms with E-state index >= 15 is 0 Å². The SMILES string of the molecule is CC/C=C\C/C=C\C/C=C\C/C=C\CCCCCCCCCCCCCCCCCCCCCCCCC(=O)OC(CO)COC(=O)CCCCCCCCCCCCCCCCCCCC/C=C\C/C=C\C/C=C\C/C=C\CC. The first kappa shape index (κ1) is 76.8. The lowest BCUT2D eigenvalue weighted by Gasteiger charge is -2.15. The van der Waals surface area contributed by atoms with Gasteiger partial charge in [0.2, 0.25) is 0 Å². The third kappa shape index (κ3) is 67.3. The van der Waals surface area contributed by atoms with Crippen LogP contribution in [0.4, 0.5) is 0 Å². The van der Waals surface area contributed by atoms with Gasteiger partial charge in [0, 0.05) is 12.8 Å². The number of ether oxygens (including phenoxy) is 2. The Morgan fingerprint density at radius 3 is 0.750 bits per heavy atom. The van der Waals surface area contributed by atoms with Crippen LogP contribution in [0.25, 0.3) is 0 Å². The molecule has 5 nitrogen and oxygen atoms in total. The second-order valence-electron chi connectivity index (χ2n) is 23.2. The Morgan fingerprint density at radius 2 is 0.500 bits per heavy atom. The summed E-state index contributed by atoms with van der Waals surface area (Å²) in [6, 6.07) is 0. The predicted octanol–water partition coefficient (Wildman–Crippen LogP) is 24.2. The maximum atomic E-state index is 12.4. The molecule has 0 bridgehead atoms. The Kier molecular flexibility index (Phi) is 67.3. The van der Waals surface area contributed by atoms with E-state index in [1.54, 1.807) is 0 Å². The van der Waals surface area contributed by atoms with Crippen LogP contribution in [-0.4, -0.2) is 36.4 Å². The van der Waals surface area contributed by atoms with Gasteiger partial charge in [-0.25, -0.2) is 0 Å². The molecule has 1 unspecified atom stereocenters. The summed E-state index contributed by atoms with van der Waals surface area (Å²) in [4.78, 5) is 24.7. The molecule has 0 saturated heterocycles. The van der Waals surface area contributed by atoms with Crippen LogP contribution in [0.3, 0.4) is 0 Å². The van der Waals surface area contributed by atoms with E-state index in [1.807, 2.05) is 0 Å². The van der Waals surface area contributed by atoms with Crippen LogP contribution in [0.5, 0.6) is 0 Å². The lowest BCUT2D eigenvalue weighted by atomic mass is 10.0. The van der Waals surface area contributed by atoms with Crippen LogP contribution in [0.2, 0.25) is 0 Å². The van der Waals surface area contributed by atoms with Crippen LogP contribution < -0.4 is 0 Å². The maximum Gasteiger partial charge on any atom is 0.306 e. The van der Waals surface area contributed by atoms with Gasteiger partial charge in [-0.1, -0.05) is 342 Å². The minimum absolute atomic E-state index is 0.0637. The van der Waals surface area contributed by atoms with Crippen LogP contribution in [-0.2, 0) is 19.1 Å². The van der Waals surface area contributed by atoms with E-state index in [1.165, 1.54) is 231 Å². The molecule has 0 spiro atoms. The minimum Gasteiger partial charge on any atom is -0.462 e. The first-order valence-electron chi connectivity index (χ1n) is 34.8. The number of aliphatic hydroxyl groups is 1. The van der Waals surface area contributed by atoms with E-state index in [0.29, 0.717) is 12.8 Å². The van der Waals surface area contributed by atoms with Crippen LogP contribution >= 0.6 is 0 Å². The third-order valence-corrected chi connectivity index (χ3v) is 15.4. The average Bonchev–Trinajstić information content (AvgIpc) is 3.46. The molecule has 1 atom stereocenters. The molecule has 0 radical (unpaired) electrons. The second-order valence-corrected chi connectivity index (χ2v) is 23.2. The van der Waals surface area contributed by atoms with Crippen molar-refractivity contribution in [1.82, 2.24) is 0 Å². The molecule has 0 heterocycles. The van der Waals surface area contributed by atoms with E-state index in [-0.39, 0.29) is 25.2 Å². The lowest BCUT2D eigenvalue weighted by Crippen LogP contribution is -2.28. The summed E-state index contributed by atoms with van der Waals surface area (Å²) >= 11 is 0. The van der Waals surface area contributed by atoms with Crippen LogP contribution in [0.15, 0.2) is 97.2 Å². The number of hydrogen-bond acceptors (Lipinski definition) is 5. The fourth-order valence-corrected chi connectivity index (χ4v) is 10.2. The summed E-state index contributed by atoms with van der Waals surface area (Å²) in [5.41, 5.74) is 0. The summed E-state index contributed by atoms with van der Waals surface area (Å²) < 4.78 is 10.8. The van der Waals surface area contributed by atoms with Crippen LogP contribution in [0.1, 0.15) is 348 Å². The number of carbonyl (C=O) groups excluding carboxylic acids is 2. The number of rotatable bonds is 64. The van der Waals surface area contributed by atoms with Gasteiger partial charge in [0.15, 0.2) is 6.10 Å². The van der Waals surface area contributed by atoms with Gasteiger partial charge in [0.25, 0.3) is 0 Å². The number of hydrogen-bond donors (Lipinski definition) is 1. The Hall–Kier alpha value is -3.18. The van der Waals surface area contributed by atoms with Gasteiger partial charge >= 0.3 is 11.9 Å². The molecular weight excluding hydrogens is 981 g/mol. The fourth-order valence-electron chi connectivity index (χ4n) is 10.2. The Bertz CT molecular complexity index is 1500. The predicted molar refractivity (Wildman–Crippen MR) is 352 cm³/mol. The zero-order chi connectivity index (χ0) is 57.6. The monoisotopic (exact) mass is 1110 g/mol. The Morgan fingerprint density at radius 1 is 0.287 bits per heavy atom. The molecule has 0 aromatic heterocycles. The molecular formula is C75H132O5. The number of aliphatic hydroxyl groups excluding tert-OH is 1. The fraction of sp³-hybridized carbons (Fsp3) is 0.760. The summed E-state index contributed by atoms with van der Waals surface area (Å²) in [6.07, 6.45) is 100. The van der Waals surface area contributed by atoms with E-state index in [0.717, 1.165) is 89.9 Å². The number of allylic oxidation sites excluding steroid dienone is 16. The third-order valence-electron chi connectivity index (χ3n) is 15.4. The van der Waals surface area contributed by atoms with Gasteiger partial charge in [0.05, 0.1) is 6.61 Å². The van der Waals surface area contributed by atoms with Crippen molar-refractivity contribution in [2.45, 2.75) is 354 Å². The van der Waals surface area contributed by atoms with Crippen molar-refractivity contribution < 1.29 is 24.2 Å². The largest absolute Gasteiger partial charge is 0.462 e. The summed E-state index contributed by atoms with van der Waals surface area (Å²) in [6.45, 7) is 3.96. The standard InChI is InChI=1S/C75H132O5/c1-3-5-7-9-11-13-15-17-19-21-23-25-27-29-31-33-35-36-37-38-40-42-44-46-48-50-52-54-56-58-60-62-64-66-68-70-75(78)80-73(71-76)72-79-74(77)69-67-65-63-61-59-57-55-53-51-49-47-45-43-41-39-34-32-30-28-26-24-22-20-18-16-14-12-10-8-6-4-2/h5-8,11-14,17-20,23-26,73,76H,3-4,9-10,15-16,21-22,27-72H2,1-2H3/b7-5-,8-6-,13-11-,14-12-,19-17-,20-18-,25-23-,26-24-. The van der Waals surface area contributed by atoms with Gasteiger partial charge < -0.3 is 14.6 Å². The lowest BCUT2D eigenvalue weighted by molar-refractivity contribution is -0.161. The quantitative estimate of drug-likeness (QED) is 0.0373. The van der Waals surface area contributed by atoms with Gasteiger partial charge in [-0.05, 0) is 89.9 Å². The molecule has 80 heavy (non-hydrogen) atoms. The highest BCUT2D eigenvalue weighted by Gasteiger charge is 2.16. The van der Waals surface area contributed by atoms with Gasteiger partial charge in [-0.15, -0.1) is 0 Å². The van der Waals surface area contributed by atoms with Gasteiger partial charge in [-0.2, -0.15) is 0 Å². The van der Waals surface area contributed by atoms with E-state index in [4.69, 9.17) is 9.47 Å². The highest BCUT2D eigenvalue weighted by molar-refractivity contribution is 5.70. The zero-order valence-corrected chi connectivity index (χ0v) is 53.1. The molecule has 0 aromatic carbocycles. The van der Waals surface area contributed by atoms with Crippen molar-refractivity contribution in [2.24, 2.45) is 0 Å². The zero-order valence-electron chi connectivity index (χ0n) is 53.1. The molecule has 0 amide bonds. The van der Waals surface area contributed by atoms with E-state index in [9.17, 15) is 14.7 Å². The molecule has 5 heteroatoms. The summed E-state index contributed by atoms with van der Waals surface area (Å²) in [5.74, 6) is -0.574. The molecule has 0 aliphatic heterocycles. The van der Waals surface area contributed by atoms with Crippen molar-refractivity contribution >= 4 is 11.9 Å². The highest BCUT2D eigenvalue weighted by Crippen LogP contribution is 2.18. The topological polar surface area (TPSA) is 72.8 Å². The Labute approximate surface area is 498 Å². The minimum atomic E-state index is -0.774. The average molecular weight is 1110 g/mol. The molecule has 462 valence electrons. The number of esters is 2. The molecule has 0 aliphatic carbocycles. The number of carbonyl (C=O) groups is 2. The van der Waals surface area contributed by atoms with Crippen molar-refractivity contribution in [3.63, 3.8) is 0 Å². The first-order chi connectivity index (χ1) is 39.6. The highest BCUT2D eigenvalue weighted by atomic mass is 16.6. The molecule has 0 aromatic rings. The van der Waals surface area contributed by atoms with Crippen molar-refractivity contribution in [1.29, 1.82) is 0 Å². The van der Waals surface area contributed by atoms with Crippen molar-refractivity contribution in [3.05, 3.63) is 97.2 Å². The molecule has 0 saturated carbocycles. The van der Waals surface area contributed by atoms with Crippen molar-refractivity contribution in [3.8, 4) is 0 Å². The van der Waals surface area contributed by atoms with Gasteiger partial charge in [0.1, 0.15) is 6.61 Å². The van der Waals surface area contributed by atoms with Crippen LogP contribution in [0, 0.1) is 0 Å². The van der Waals surface area contributed by atoms with Crippen molar-refractivity contribution in [2.75, 3.05) is 13.2 Å².